The molecule has 2 heterocycles. The zero-order valence-corrected chi connectivity index (χ0v) is 34.0. The fourth-order valence-corrected chi connectivity index (χ4v) is 9.05. The van der Waals surface area contributed by atoms with Crippen LogP contribution in [0.2, 0.25) is 0 Å². The Balaban J connectivity index is 0.920. The fourth-order valence-electron chi connectivity index (χ4n) is 9.05. The number of rotatable bonds is 8. The van der Waals surface area contributed by atoms with Gasteiger partial charge in [-0.3, -0.25) is 0 Å². The third-order valence-electron chi connectivity index (χ3n) is 12.3. The van der Waals surface area contributed by atoms with Gasteiger partial charge in [0.25, 0.3) is 6.17 Å². The number of hydrogen-bond donors (Lipinski definition) is 0. The molecular formula is C58H43N2O+. The van der Waals surface area contributed by atoms with Crippen LogP contribution in [-0.2, 0) is 6.54 Å². The molecule has 0 radical (unpaired) electrons. The second-order valence-corrected chi connectivity index (χ2v) is 16.2. The van der Waals surface area contributed by atoms with E-state index in [-0.39, 0.29) is 6.17 Å². The Hall–Kier alpha value is -7.62. The predicted octanol–water partition coefficient (Wildman–Crippen LogP) is 15.0. The first-order valence-electron chi connectivity index (χ1n) is 21.1. The van der Waals surface area contributed by atoms with E-state index in [4.69, 9.17) is 9.41 Å². The Bertz CT molecular complexity index is 3270. The Labute approximate surface area is 356 Å². The average Bonchev–Trinajstić information content (AvgIpc) is 3.71. The summed E-state index contributed by atoms with van der Waals surface area (Å²) in [6, 6.07) is 76.3. The number of fused-ring (bicyclic) bond motifs is 4. The van der Waals surface area contributed by atoms with E-state index < -0.39 is 0 Å². The van der Waals surface area contributed by atoms with Crippen molar-refractivity contribution in [2.75, 3.05) is 0 Å². The van der Waals surface area contributed by atoms with Gasteiger partial charge in [0.1, 0.15) is 11.2 Å². The van der Waals surface area contributed by atoms with Crippen molar-refractivity contribution in [1.29, 1.82) is 0 Å². The van der Waals surface area contributed by atoms with Crippen molar-refractivity contribution in [3.05, 3.63) is 229 Å². The Kier molecular flexibility index (Phi) is 9.28. The smallest absolute Gasteiger partial charge is 0.272 e. The van der Waals surface area contributed by atoms with Crippen molar-refractivity contribution in [2.24, 2.45) is 4.99 Å². The lowest BCUT2D eigenvalue weighted by Gasteiger charge is -2.22. The average molecular weight is 784 g/mol. The molecule has 1 aliphatic rings. The molecular weight excluding hydrogens is 741 g/mol. The van der Waals surface area contributed by atoms with E-state index in [0.717, 1.165) is 40.6 Å². The molecule has 0 saturated heterocycles. The van der Waals surface area contributed by atoms with Crippen molar-refractivity contribution in [3.63, 3.8) is 0 Å². The summed E-state index contributed by atoms with van der Waals surface area (Å²) in [6.07, 6.45) is 0.646. The highest BCUT2D eigenvalue weighted by atomic mass is 16.3. The van der Waals surface area contributed by atoms with Crippen molar-refractivity contribution >= 4 is 44.1 Å². The van der Waals surface area contributed by atoms with Gasteiger partial charge in [0.15, 0.2) is 12.3 Å². The van der Waals surface area contributed by atoms with Crippen LogP contribution in [-0.4, -0.2) is 16.0 Å². The molecule has 1 aromatic heterocycles. The third-order valence-corrected chi connectivity index (χ3v) is 12.3. The lowest BCUT2D eigenvalue weighted by atomic mass is 9.95. The van der Waals surface area contributed by atoms with Crippen LogP contribution < -0.4 is 0 Å². The summed E-state index contributed by atoms with van der Waals surface area (Å²) in [5, 5.41) is 4.66. The highest BCUT2D eigenvalue weighted by Crippen LogP contribution is 2.40. The number of hydrogen-bond acceptors (Lipinski definition) is 2. The molecule has 3 nitrogen and oxygen atoms in total. The van der Waals surface area contributed by atoms with E-state index in [0.29, 0.717) is 0 Å². The standard InChI is InChI=1S/C58H43N2O/c1-39-34-54(46-16-9-4-10-17-46)59-58(60(39)38-40-20-22-43(23-21-40)45-26-24-44(25-27-45)41-12-5-2-6-13-41)51-31-29-47-35-50(30-28-48(47)36-51)52-18-11-19-56-57(52)53-37-49(32-33-55(53)61-56)42-14-7-3-8-15-42/h2-33,35-37,58H,34,38H2,1H3/q+1. The summed E-state index contributed by atoms with van der Waals surface area (Å²) in [5.74, 6) is 0. The summed E-state index contributed by atoms with van der Waals surface area (Å²) in [7, 11) is 0. The van der Waals surface area contributed by atoms with E-state index in [1.54, 1.807) is 0 Å². The highest BCUT2D eigenvalue weighted by Gasteiger charge is 2.31. The van der Waals surface area contributed by atoms with E-state index in [2.05, 4.69) is 224 Å². The zero-order valence-electron chi connectivity index (χ0n) is 34.0. The first-order chi connectivity index (χ1) is 30.1. The van der Waals surface area contributed by atoms with E-state index >= 15 is 0 Å². The predicted molar refractivity (Wildman–Crippen MR) is 254 cm³/mol. The summed E-state index contributed by atoms with van der Waals surface area (Å²) in [5.41, 5.74) is 17.5. The molecule has 0 amide bonds. The molecule has 0 N–H and O–H groups in total. The van der Waals surface area contributed by atoms with Crippen LogP contribution in [0.25, 0.3) is 77.2 Å². The summed E-state index contributed by atoms with van der Waals surface area (Å²) < 4.78 is 8.89. The first-order valence-corrected chi connectivity index (χ1v) is 21.1. The van der Waals surface area contributed by atoms with Crippen LogP contribution in [0.4, 0.5) is 0 Å². The molecule has 0 spiro atoms. The van der Waals surface area contributed by atoms with Crippen molar-refractivity contribution in [1.82, 2.24) is 0 Å². The molecule has 0 saturated carbocycles. The molecule has 9 aromatic carbocycles. The van der Waals surface area contributed by atoms with E-state index in [9.17, 15) is 0 Å². The van der Waals surface area contributed by atoms with Crippen LogP contribution in [0.1, 0.15) is 36.2 Å². The van der Waals surface area contributed by atoms with Crippen molar-refractivity contribution in [3.8, 4) is 44.5 Å². The topological polar surface area (TPSA) is 28.5 Å². The molecule has 1 aliphatic heterocycles. The molecule has 10 aromatic rings. The molecule has 0 aliphatic carbocycles. The molecule has 1 unspecified atom stereocenters. The quantitative estimate of drug-likeness (QED) is 0.141. The highest BCUT2D eigenvalue weighted by molar-refractivity contribution is 6.14. The van der Waals surface area contributed by atoms with Crippen LogP contribution >= 0.6 is 0 Å². The Morgan fingerprint density at radius 1 is 0.475 bits per heavy atom. The Morgan fingerprint density at radius 3 is 1.72 bits per heavy atom. The summed E-state index contributed by atoms with van der Waals surface area (Å²) >= 11 is 0. The van der Waals surface area contributed by atoms with Gasteiger partial charge in [-0.15, -0.1) is 0 Å². The molecule has 3 heteroatoms. The van der Waals surface area contributed by atoms with Crippen LogP contribution in [0.5, 0.6) is 0 Å². The zero-order chi connectivity index (χ0) is 40.7. The van der Waals surface area contributed by atoms with Crippen molar-refractivity contribution < 1.29 is 8.99 Å². The van der Waals surface area contributed by atoms with Crippen LogP contribution in [0, 0.1) is 0 Å². The van der Waals surface area contributed by atoms with E-state index in [1.165, 1.54) is 77.7 Å². The first kappa shape index (κ1) is 36.5. The van der Waals surface area contributed by atoms with Gasteiger partial charge < -0.3 is 4.42 Å². The minimum Gasteiger partial charge on any atom is -0.456 e. The molecule has 61 heavy (non-hydrogen) atoms. The monoisotopic (exact) mass is 783 g/mol. The lowest BCUT2D eigenvalue weighted by Crippen LogP contribution is -2.30. The van der Waals surface area contributed by atoms with Gasteiger partial charge in [0, 0.05) is 28.8 Å². The summed E-state index contributed by atoms with van der Waals surface area (Å²) in [6.45, 7) is 3.03. The van der Waals surface area contributed by atoms with Gasteiger partial charge in [0.05, 0.1) is 12.1 Å². The van der Waals surface area contributed by atoms with Crippen molar-refractivity contribution in [2.45, 2.75) is 26.1 Å². The number of furan rings is 1. The van der Waals surface area contributed by atoms with Gasteiger partial charge in [-0.25, -0.2) is 9.57 Å². The van der Waals surface area contributed by atoms with Gasteiger partial charge >= 0.3 is 0 Å². The largest absolute Gasteiger partial charge is 0.456 e. The molecule has 1 atom stereocenters. The second kappa shape index (κ2) is 15.5. The number of aliphatic imine (C=N–C) groups is 1. The van der Waals surface area contributed by atoms with E-state index in [1.807, 2.05) is 0 Å². The van der Waals surface area contributed by atoms with Gasteiger partial charge in [-0.1, -0.05) is 176 Å². The number of benzene rings is 9. The number of nitrogens with zero attached hydrogens (tertiary/aromatic N) is 2. The van der Waals surface area contributed by atoms with Gasteiger partial charge in [-0.2, -0.15) is 0 Å². The molecule has 11 rings (SSSR count). The van der Waals surface area contributed by atoms with Gasteiger partial charge in [-0.05, 0) is 97.2 Å². The minimum atomic E-state index is -0.164. The lowest BCUT2D eigenvalue weighted by molar-refractivity contribution is -0.588. The Morgan fingerprint density at radius 2 is 1.03 bits per heavy atom. The third kappa shape index (κ3) is 7.04. The molecule has 0 fully saturated rings. The maximum Gasteiger partial charge on any atom is 0.272 e. The summed E-state index contributed by atoms with van der Waals surface area (Å²) in [4.78, 5) is 5.52. The normalized spacial score (nSPS) is 14.2. The van der Waals surface area contributed by atoms with Crippen LogP contribution in [0.15, 0.2) is 222 Å². The SMILES string of the molecule is CC1=[N+](Cc2ccc(-c3ccc(-c4ccccc4)cc3)cc2)C(c2ccc3cc(-c4cccc5oc6ccc(-c7ccccc7)cc6c45)ccc3c2)N=C(c2ccccc2)C1. The van der Waals surface area contributed by atoms with Gasteiger partial charge in [0.2, 0.25) is 0 Å². The maximum atomic E-state index is 6.40. The van der Waals surface area contributed by atoms with Crippen LogP contribution in [0.3, 0.4) is 0 Å². The minimum absolute atomic E-state index is 0.164. The molecule has 290 valence electrons. The maximum absolute atomic E-state index is 6.40. The fraction of sp³-hybridized carbons (Fsp3) is 0.0690. The second-order valence-electron chi connectivity index (χ2n) is 16.2. The molecule has 0 bridgehead atoms.